The van der Waals surface area contributed by atoms with Crippen LogP contribution in [0.4, 0.5) is 0 Å². The molecule has 4 nitrogen and oxygen atoms in total. The minimum absolute atomic E-state index is 0.387. The number of aromatic nitrogens is 2. The van der Waals surface area contributed by atoms with Crippen LogP contribution in [-0.4, -0.2) is 10.1 Å². The topological polar surface area (TPSA) is 48.2 Å². The van der Waals surface area contributed by atoms with E-state index in [1.54, 1.807) is 30.3 Å². The van der Waals surface area contributed by atoms with Crippen LogP contribution in [0.15, 0.2) is 71.3 Å². The standard InChI is InChI=1S/C21H13Cl3N2O2/c22-15-5-2-6-17(10-15)27-12-13-3-1-4-14(9-13)21-25-20(26-28-21)18-8-7-16(23)11-19(18)24/h1-11H,12H2. The van der Waals surface area contributed by atoms with Gasteiger partial charge in [-0.2, -0.15) is 4.98 Å². The largest absolute Gasteiger partial charge is 0.489 e. The summed E-state index contributed by atoms with van der Waals surface area (Å²) in [5, 5.41) is 5.66. The van der Waals surface area contributed by atoms with Crippen molar-refractivity contribution < 1.29 is 9.26 Å². The number of halogens is 3. The van der Waals surface area contributed by atoms with Gasteiger partial charge in [-0.15, -0.1) is 0 Å². The van der Waals surface area contributed by atoms with Gasteiger partial charge >= 0.3 is 0 Å². The summed E-state index contributed by atoms with van der Waals surface area (Å²) in [6.45, 7) is 0.387. The van der Waals surface area contributed by atoms with E-state index < -0.39 is 0 Å². The fourth-order valence-electron chi connectivity index (χ4n) is 2.64. The molecular formula is C21H13Cl3N2O2. The van der Waals surface area contributed by atoms with Gasteiger partial charge in [-0.1, -0.05) is 58.2 Å². The van der Waals surface area contributed by atoms with Crippen molar-refractivity contribution in [2.24, 2.45) is 0 Å². The third kappa shape index (κ3) is 4.30. The van der Waals surface area contributed by atoms with E-state index in [0.717, 1.165) is 11.1 Å². The number of nitrogens with zero attached hydrogens (tertiary/aromatic N) is 2. The molecule has 0 atom stereocenters. The van der Waals surface area contributed by atoms with E-state index >= 15 is 0 Å². The average molecular weight is 432 g/mol. The highest BCUT2D eigenvalue weighted by molar-refractivity contribution is 6.36. The van der Waals surface area contributed by atoms with Gasteiger partial charge in [-0.05, 0) is 54.1 Å². The Hall–Kier alpha value is -2.53. The van der Waals surface area contributed by atoms with Gasteiger partial charge in [0.25, 0.3) is 5.89 Å². The lowest BCUT2D eigenvalue weighted by Crippen LogP contribution is -1.95. The summed E-state index contributed by atoms with van der Waals surface area (Å²) >= 11 is 18.1. The van der Waals surface area contributed by atoms with Gasteiger partial charge < -0.3 is 9.26 Å². The van der Waals surface area contributed by atoms with Crippen molar-refractivity contribution in [3.63, 3.8) is 0 Å². The molecule has 4 rings (SSSR count). The molecule has 0 saturated carbocycles. The molecule has 0 fully saturated rings. The van der Waals surface area contributed by atoms with Gasteiger partial charge in [-0.3, -0.25) is 0 Å². The fourth-order valence-corrected chi connectivity index (χ4v) is 3.31. The number of hydrogen-bond donors (Lipinski definition) is 0. The van der Waals surface area contributed by atoms with Crippen LogP contribution in [0.2, 0.25) is 15.1 Å². The zero-order valence-corrected chi connectivity index (χ0v) is 16.7. The third-order valence-electron chi connectivity index (χ3n) is 3.97. The van der Waals surface area contributed by atoms with Gasteiger partial charge in [-0.25, -0.2) is 0 Å². The number of ether oxygens (including phenoxy) is 1. The Bertz CT molecular complexity index is 1130. The molecule has 7 heteroatoms. The number of hydrogen-bond acceptors (Lipinski definition) is 4. The molecule has 0 aliphatic heterocycles. The summed E-state index contributed by atoms with van der Waals surface area (Å²) in [5.74, 6) is 1.50. The quantitative estimate of drug-likeness (QED) is 0.343. The first kappa shape index (κ1) is 18.8. The Morgan fingerprint density at radius 1 is 0.857 bits per heavy atom. The highest BCUT2D eigenvalue weighted by Gasteiger charge is 2.14. The van der Waals surface area contributed by atoms with Crippen LogP contribution in [0.3, 0.4) is 0 Å². The summed E-state index contributed by atoms with van der Waals surface area (Å²) in [6, 6.07) is 20.1. The van der Waals surface area contributed by atoms with Crippen molar-refractivity contribution in [2.75, 3.05) is 0 Å². The summed E-state index contributed by atoms with van der Waals surface area (Å²) in [6.07, 6.45) is 0. The zero-order chi connectivity index (χ0) is 19.5. The second-order valence-corrected chi connectivity index (χ2v) is 7.27. The first-order valence-corrected chi connectivity index (χ1v) is 9.49. The SMILES string of the molecule is Clc1cccc(OCc2cccc(-c3nc(-c4ccc(Cl)cc4Cl)no3)c2)c1. The third-order valence-corrected chi connectivity index (χ3v) is 4.76. The Morgan fingerprint density at radius 2 is 1.68 bits per heavy atom. The lowest BCUT2D eigenvalue weighted by atomic mass is 10.1. The van der Waals surface area contributed by atoms with E-state index in [1.165, 1.54) is 0 Å². The Kier molecular flexibility index (Phi) is 5.53. The molecule has 0 bridgehead atoms. The van der Waals surface area contributed by atoms with Crippen LogP contribution in [0.25, 0.3) is 22.8 Å². The first-order chi connectivity index (χ1) is 13.6. The van der Waals surface area contributed by atoms with Gasteiger partial charge in [0.05, 0.1) is 5.02 Å². The van der Waals surface area contributed by atoms with Gasteiger partial charge in [0.2, 0.25) is 5.82 Å². The molecule has 0 N–H and O–H groups in total. The van der Waals surface area contributed by atoms with E-state index in [9.17, 15) is 0 Å². The predicted molar refractivity (Wildman–Crippen MR) is 111 cm³/mol. The van der Waals surface area contributed by atoms with Crippen molar-refractivity contribution in [3.8, 4) is 28.6 Å². The van der Waals surface area contributed by atoms with Crippen molar-refractivity contribution in [1.29, 1.82) is 0 Å². The van der Waals surface area contributed by atoms with Crippen LogP contribution in [0.1, 0.15) is 5.56 Å². The molecule has 0 amide bonds. The molecule has 0 aliphatic rings. The summed E-state index contributed by atoms with van der Waals surface area (Å²) in [5.41, 5.74) is 2.40. The second kappa shape index (κ2) is 8.23. The Labute approximate surface area is 176 Å². The highest BCUT2D eigenvalue weighted by atomic mass is 35.5. The molecule has 140 valence electrons. The number of rotatable bonds is 5. The molecule has 0 radical (unpaired) electrons. The van der Waals surface area contributed by atoms with E-state index in [1.807, 2.05) is 36.4 Å². The van der Waals surface area contributed by atoms with Crippen molar-refractivity contribution in [1.82, 2.24) is 10.1 Å². The molecule has 28 heavy (non-hydrogen) atoms. The van der Waals surface area contributed by atoms with Crippen LogP contribution in [-0.2, 0) is 6.61 Å². The maximum absolute atomic E-state index is 6.22. The Balaban J connectivity index is 1.54. The minimum Gasteiger partial charge on any atom is -0.489 e. The lowest BCUT2D eigenvalue weighted by molar-refractivity contribution is 0.306. The van der Waals surface area contributed by atoms with Gasteiger partial charge in [0.15, 0.2) is 0 Å². The summed E-state index contributed by atoms with van der Waals surface area (Å²) in [4.78, 5) is 4.45. The van der Waals surface area contributed by atoms with Crippen LogP contribution in [0.5, 0.6) is 5.75 Å². The Morgan fingerprint density at radius 3 is 2.50 bits per heavy atom. The molecule has 1 aromatic heterocycles. The first-order valence-electron chi connectivity index (χ1n) is 8.35. The molecule has 4 aromatic rings. The van der Waals surface area contributed by atoms with Crippen molar-refractivity contribution in [3.05, 3.63) is 87.4 Å². The predicted octanol–water partition coefficient (Wildman–Crippen LogP) is 6.94. The molecule has 3 aromatic carbocycles. The molecule has 0 spiro atoms. The average Bonchev–Trinajstić information content (AvgIpc) is 3.17. The molecular weight excluding hydrogens is 419 g/mol. The van der Waals surface area contributed by atoms with Crippen molar-refractivity contribution >= 4 is 34.8 Å². The second-order valence-electron chi connectivity index (χ2n) is 5.99. The van der Waals surface area contributed by atoms with E-state index in [2.05, 4.69) is 10.1 Å². The van der Waals surface area contributed by atoms with Crippen LogP contribution < -0.4 is 4.74 Å². The molecule has 1 heterocycles. The van der Waals surface area contributed by atoms with Gasteiger partial charge in [0.1, 0.15) is 12.4 Å². The molecule has 0 saturated heterocycles. The van der Waals surface area contributed by atoms with E-state index in [4.69, 9.17) is 44.1 Å². The van der Waals surface area contributed by atoms with E-state index in [0.29, 0.717) is 44.7 Å². The summed E-state index contributed by atoms with van der Waals surface area (Å²) in [7, 11) is 0. The maximum Gasteiger partial charge on any atom is 0.258 e. The zero-order valence-electron chi connectivity index (χ0n) is 14.4. The van der Waals surface area contributed by atoms with E-state index in [-0.39, 0.29) is 0 Å². The maximum atomic E-state index is 6.22. The van der Waals surface area contributed by atoms with Crippen molar-refractivity contribution in [2.45, 2.75) is 6.61 Å². The normalized spacial score (nSPS) is 10.8. The van der Waals surface area contributed by atoms with Gasteiger partial charge in [0, 0.05) is 21.2 Å². The molecule has 0 unspecified atom stereocenters. The minimum atomic E-state index is 0.387. The smallest absolute Gasteiger partial charge is 0.258 e. The summed E-state index contributed by atoms with van der Waals surface area (Å²) < 4.78 is 11.2. The van der Waals surface area contributed by atoms with Crippen LogP contribution in [0, 0.1) is 0 Å². The monoisotopic (exact) mass is 430 g/mol. The van der Waals surface area contributed by atoms with Crippen LogP contribution >= 0.6 is 34.8 Å². The lowest BCUT2D eigenvalue weighted by Gasteiger charge is -2.07. The number of benzene rings is 3. The highest BCUT2D eigenvalue weighted by Crippen LogP contribution is 2.30. The molecule has 0 aliphatic carbocycles. The fraction of sp³-hybridized carbons (Fsp3) is 0.0476.